The normalized spacial score (nSPS) is 17.0. The van der Waals surface area contributed by atoms with E-state index in [2.05, 4.69) is 26.6 Å². The number of carbonyl (C=O) groups is 2. The molecule has 3 aromatic rings. The van der Waals surface area contributed by atoms with Crippen LogP contribution >= 0.6 is 0 Å². The van der Waals surface area contributed by atoms with E-state index in [1.165, 1.54) is 0 Å². The summed E-state index contributed by atoms with van der Waals surface area (Å²) in [6, 6.07) is 19.0. The van der Waals surface area contributed by atoms with E-state index in [0.29, 0.717) is 13.1 Å². The van der Waals surface area contributed by atoms with Gasteiger partial charge in [0.2, 0.25) is 11.8 Å². The molecule has 0 bridgehead atoms. The Kier molecular flexibility index (Phi) is 9.18. The number of benzene rings is 2. The number of aromatic nitrogens is 2. The van der Waals surface area contributed by atoms with Crippen LogP contribution in [0.25, 0.3) is 11.3 Å². The first kappa shape index (κ1) is 28.2. The third kappa shape index (κ3) is 7.25. The van der Waals surface area contributed by atoms with Gasteiger partial charge in [0.05, 0.1) is 12.2 Å². The summed E-state index contributed by atoms with van der Waals surface area (Å²) in [6.45, 7) is 1.17. The molecule has 0 unspecified atom stereocenters. The molecule has 10 heteroatoms. The predicted molar refractivity (Wildman–Crippen MR) is 158 cm³/mol. The zero-order valence-electron chi connectivity index (χ0n) is 23.3. The van der Waals surface area contributed by atoms with Crippen LogP contribution in [-0.4, -0.2) is 58.5 Å². The minimum absolute atomic E-state index is 0.0564. The molecule has 1 saturated carbocycles. The highest BCUT2D eigenvalue weighted by Gasteiger charge is 2.31. The quantitative estimate of drug-likeness (QED) is 0.231. The van der Waals surface area contributed by atoms with Gasteiger partial charge in [-0.15, -0.1) is 0 Å². The topological polar surface area (TPSA) is 152 Å². The molecule has 5 rings (SSSR count). The van der Waals surface area contributed by atoms with Crippen LogP contribution in [0.1, 0.15) is 56.6 Å². The maximum absolute atomic E-state index is 12.9. The number of hydrogen-bond donors (Lipinski definition) is 4. The molecule has 1 aliphatic heterocycles. The number of nitrogens with two attached hydrogens (primary N) is 2. The lowest BCUT2D eigenvalue weighted by molar-refractivity contribution is -0.134. The number of aliphatic imine (C=N–C) groups is 1. The first-order valence-electron chi connectivity index (χ1n) is 14.5. The molecule has 6 N–H and O–H groups in total. The number of para-hydroxylation sites is 2. The highest BCUT2D eigenvalue weighted by molar-refractivity contribution is 5.89. The van der Waals surface area contributed by atoms with Crippen molar-refractivity contribution in [1.29, 1.82) is 0 Å². The molecular formula is C31H39N7O3. The molecule has 2 aliphatic rings. The Morgan fingerprint density at radius 3 is 2.44 bits per heavy atom. The van der Waals surface area contributed by atoms with Crippen molar-refractivity contribution in [1.82, 2.24) is 20.4 Å². The first-order valence-corrected chi connectivity index (χ1v) is 14.5. The molecule has 2 amide bonds. The van der Waals surface area contributed by atoms with E-state index in [4.69, 9.17) is 16.2 Å². The molecule has 1 atom stereocenters. The zero-order chi connectivity index (χ0) is 28.6. The fourth-order valence-corrected chi connectivity index (χ4v) is 5.87. The third-order valence-corrected chi connectivity index (χ3v) is 8.09. The van der Waals surface area contributed by atoms with Crippen molar-refractivity contribution in [2.24, 2.45) is 22.4 Å². The van der Waals surface area contributed by atoms with Gasteiger partial charge in [0.15, 0.2) is 5.96 Å². The molecule has 0 radical (unpaired) electrons. The van der Waals surface area contributed by atoms with E-state index in [1.54, 1.807) is 0 Å². The first-order chi connectivity index (χ1) is 20.0. The Bertz CT molecular complexity index is 1340. The molecular weight excluding hydrogens is 518 g/mol. The summed E-state index contributed by atoms with van der Waals surface area (Å²) in [5.74, 6) is 1.39. The number of carbonyl (C=O) groups excluding carboxylic acids is 2. The number of H-pyrrole nitrogens is 1. The largest absolute Gasteiger partial charge is 0.457 e. The summed E-state index contributed by atoms with van der Waals surface area (Å²) in [5.41, 5.74) is 14.0. The van der Waals surface area contributed by atoms with Crippen LogP contribution in [0.5, 0.6) is 11.5 Å². The Morgan fingerprint density at radius 1 is 1.00 bits per heavy atom. The van der Waals surface area contributed by atoms with E-state index in [9.17, 15) is 9.59 Å². The fraction of sp³-hybridized carbons (Fsp3) is 0.419. The maximum Gasteiger partial charge on any atom is 0.245 e. The lowest BCUT2D eigenvalue weighted by Crippen LogP contribution is -2.47. The summed E-state index contributed by atoms with van der Waals surface area (Å²) in [5, 5.41) is 10.6. The second-order valence-corrected chi connectivity index (χ2v) is 10.9. The van der Waals surface area contributed by atoms with Crippen molar-refractivity contribution in [2.75, 3.05) is 19.6 Å². The van der Waals surface area contributed by atoms with Gasteiger partial charge in [0.1, 0.15) is 17.5 Å². The number of aromatic amines is 1. The smallest absolute Gasteiger partial charge is 0.245 e. The van der Waals surface area contributed by atoms with Crippen molar-refractivity contribution in [3.8, 4) is 22.8 Å². The minimum atomic E-state index is -0.642. The van der Waals surface area contributed by atoms with Crippen LogP contribution in [0, 0.1) is 5.92 Å². The Labute approximate surface area is 240 Å². The molecule has 2 aromatic carbocycles. The van der Waals surface area contributed by atoms with Crippen molar-refractivity contribution in [2.45, 2.75) is 56.9 Å². The number of rotatable bonds is 9. The number of ether oxygens (including phenoxy) is 1. The van der Waals surface area contributed by atoms with Crippen LogP contribution in [0.4, 0.5) is 0 Å². The van der Waals surface area contributed by atoms with Gasteiger partial charge in [-0.3, -0.25) is 14.7 Å². The second-order valence-electron chi connectivity index (χ2n) is 10.9. The van der Waals surface area contributed by atoms with Gasteiger partial charge in [0.25, 0.3) is 0 Å². The van der Waals surface area contributed by atoms with Crippen LogP contribution in [-0.2, 0) is 9.59 Å². The van der Waals surface area contributed by atoms with Gasteiger partial charge >= 0.3 is 0 Å². The summed E-state index contributed by atoms with van der Waals surface area (Å²) in [4.78, 5) is 31.9. The average molecular weight is 558 g/mol. The van der Waals surface area contributed by atoms with Gasteiger partial charge in [0, 0.05) is 30.3 Å². The number of nitrogens with one attached hydrogen (secondary N) is 2. The number of nitrogens with zero attached hydrogens (tertiary/aromatic N) is 3. The Morgan fingerprint density at radius 2 is 1.71 bits per heavy atom. The van der Waals surface area contributed by atoms with Gasteiger partial charge in [-0.2, -0.15) is 5.10 Å². The van der Waals surface area contributed by atoms with Crippen molar-refractivity contribution >= 4 is 17.8 Å². The van der Waals surface area contributed by atoms with Crippen molar-refractivity contribution < 1.29 is 14.3 Å². The molecule has 1 aromatic heterocycles. The van der Waals surface area contributed by atoms with E-state index >= 15 is 0 Å². The third-order valence-electron chi connectivity index (χ3n) is 8.09. The van der Waals surface area contributed by atoms with E-state index in [1.807, 2.05) is 59.5 Å². The van der Waals surface area contributed by atoms with Crippen molar-refractivity contribution in [3.05, 3.63) is 66.4 Å². The van der Waals surface area contributed by atoms with Gasteiger partial charge in [-0.1, -0.05) is 49.6 Å². The van der Waals surface area contributed by atoms with Crippen molar-refractivity contribution in [3.63, 3.8) is 0 Å². The lowest BCUT2D eigenvalue weighted by Gasteiger charge is -2.32. The monoisotopic (exact) mass is 557 g/mol. The van der Waals surface area contributed by atoms with Crippen LogP contribution in [0.3, 0.4) is 0 Å². The number of guanidine groups is 1. The maximum atomic E-state index is 12.9. The summed E-state index contributed by atoms with van der Waals surface area (Å²) in [7, 11) is 0. The van der Waals surface area contributed by atoms with Crippen LogP contribution in [0.2, 0.25) is 0 Å². The summed E-state index contributed by atoms with van der Waals surface area (Å²) < 4.78 is 6.12. The molecule has 2 heterocycles. The SMILES string of the molecule is NC(N)=N[C@@H](C(=O)NCC(=O)N1CCC(c2cc(-c3ccccc3Oc3ccccc3)n[nH]2)CC1)C1CCCCC1. The van der Waals surface area contributed by atoms with E-state index < -0.39 is 6.04 Å². The van der Waals surface area contributed by atoms with E-state index in [0.717, 1.165) is 73.4 Å². The van der Waals surface area contributed by atoms with Crippen LogP contribution < -0.4 is 21.5 Å². The average Bonchev–Trinajstić information content (AvgIpc) is 3.50. The van der Waals surface area contributed by atoms with Crippen LogP contribution in [0.15, 0.2) is 65.7 Å². The van der Waals surface area contributed by atoms with Gasteiger partial charge < -0.3 is 26.4 Å². The zero-order valence-corrected chi connectivity index (χ0v) is 23.3. The number of piperidine rings is 1. The molecule has 2 fully saturated rings. The Balaban J connectivity index is 1.14. The molecule has 41 heavy (non-hydrogen) atoms. The highest BCUT2D eigenvalue weighted by Crippen LogP contribution is 2.35. The molecule has 216 valence electrons. The number of hydrogen-bond acceptors (Lipinski definition) is 5. The molecule has 0 spiro atoms. The number of likely N-dealkylation sites (tertiary alicyclic amines) is 1. The predicted octanol–water partition coefficient (Wildman–Crippen LogP) is 3.91. The molecule has 10 nitrogen and oxygen atoms in total. The van der Waals surface area contributed by atoms with Gasteiger partial charge in [-0.25, -0.2) is 4.99 Å². The molecule has 1 aliphatic carbocycles. The highest BCUT2D eigenvalue weighted by atomic mass is 16.5. The summed E-state index contributed by atoms with van der Waals surface area (Å²) in [6.07, 6.45) is 6.73. The summed E-state index contributed by atoms with van der Waals surface area (Å²) >= 11 is 0. The fourth-order valence-electron chi connectivity index (χ4n) is 5.87. The Hall–Kier alpha value is -4.34. The second kappa shape index (κ2) is 13.3. The number of amides is 2. The van der Waals surface area contributed by atoms with E-state index in [-0.39, 0.29) is 36.2 Å². The molecule has 1 saturated heterocycles. The standard InChI is InChI=1S/C31H39N7O3/c32-31(33)35-29(22-9-3-1-4-10-22)30(40)34-20-28(39)38-17-15-21(16-18-38)25-19-26(37-36-25)24-13-7-8-14-27(24)41-23-11-5-2-6-12-23/h2,5-8,11-14,19,21-22,29H,1,3-4,9-10,15-18,20H2,(H,34,40)(H,36,37)(H4,32,33,35)/t29-/m1/s1. The minimum Gasteiger partial charge on any atom is -0.457 e. The lowest BCUT2D eigenvalue weighted by atomic mass is 9.83. The van der Waals surface area contributed by atoms with Gasteiger partial charge in [-0.05, 0) is 61.9 Å².